The van der Waals surface area contributed by atoms with Gasteiger partial charge in [0.2, 0.25) is 11.8 Å². The molecule has 31 heavy (non-hydrogen) atoms. The summed E-state index contributed by atoms with van der Waals surface area (Å²) in [4.78, 5) is 36.1. The molecule has 0 atom stereocenters. The lowest BCUT2D eigenvalue weighted by Crippen LogP contribution is -2.39. The number of rotatable bonds is 4. The molecule has 0 aliphatic carbocycles. The number of anilines is 1. The van der Waals surface area contributed by atoms with Crippen LogP contribution in [-0.2, 0) is 22.7 Å². The number of benzene rings is 1. The van der Waals surface area contributed by atoms with E-state index in [1.165, 1.54) is 0 Å². The Balaban J connectivity index is 1.88. The van der Waals surface area contributed by atoms with Crippen molar-refractivity contribution in [1.29, 1.82) is 0 Å². The molecule has 2 heterocycles. The van der Waals surface area contributed by atoms with Crippen molar-refractivity contribution >= 4 is 17.5 Å². The summed E-state index contributed by atoms with van der Waals surface area (Å²) in [5.41, 5.74) is 2.95. The second-order valence-corrected chi connectivity index (χ2v) is 8.66. The van der Waals surface area contributed by atoms with Crippen molar-refractivity contribution in [3.63, 3.8) is 0 Å². The molecule has 2 amide bonds. The van der Waals surface area contributed by atoms with Gasteiger partial charge in [0, 0.05) is 64.5 Å². The van der Waals surface area contributed by atoms with Gasteiger partial charge in [-0.2, -0.15) is 0 Å². The van der Waals surface area contributed by atoms with Crippen LogP contribution in [0, 0.1) is 5.92 Å². The molecule has 0 unspecified atom stereocenters. The van der Waals surface area contributed by atoms with Crippen molar-refractivity contribution < 1.29 is 9.59 Å². The van der Waals surface area contributed by atoms with Crippen molar-refractivity contribution in [3.05, 3.63) is 59.9 Å². The van der Waals surface area contributed by atoms with E-state index in [0.717, 1.165) is 43.0 Å². The molecule has 0 saturated heterocycles. The van der Waals surface area contributed by atoms with Gasteiger partial charge in [-0.25, -0.2) is 0 Å². The van der Waals surface area contributed by atoms with Gasteiger partial charge in [-0.1, -0.05) is 38.1 Å². The molecule has 0 N–H and O–H groups in total. The molecule has 0 spiro atoms. The normalized spacial score (nSPS) is 16.0. The average molecular weight is 423 g/mol. The lowest BCUT2D eigenvalue weighted by Gasteiger charge is -2.28. The number of pyridine rings is 1. The summed E-state index contributed by atoms with van der Waals surface area (Å²) in [6.07, 6.45) is 3.20. The maximum atomic E-state index is 13.1. The van der Waals surface area contributed by atoms with Crippen molar-refractivity contribution in [2.24, 2.45) is 5.92 Å². The summed E-state index contributed by atoms with van der Waals surface area (Å²) in [7, 11) is 0. The summed E-state index contributed by atoms with van der Waals surface area (Å²) in [6, 6.07) is 13.9. The van der Waals surface area contributed by atoms with E-state index >= 15 is 0 Å². The largest absolute Gasteiger partial charge is 0.337 e. The number of carbonyl (C=O) groups excluding carboxylic acids is 2. The Hall–Kier alpha value is -2.73. The minimum absolute atomic E-state index is 0.0306. The first-order valence-electron chi connectivity index (χ1n) is 11.2. The molecule has 6 nitrogen and oxygen atoms in total. The molecule has 6 heteroatoms. The number of amides is 2. The smallest absolute Gasteiger partial charge is 0.223 e. The van der Waals surface area contributed by atoms with Crippen LogP contribution in [0.3, 0.4) is 0 Å². The summed E-state index contributed by atoms with van der Waals surface area (Å²) in [5.74, 6) is 0.499. The topological polar surface area (TPSA) is 56.8 Å². The molecule has 1 aromatic carbocycles. The molecule has 1 aromatic heterocycles. The van der Waals surface area contributed by atoms with Gasteiger partial charge in [0.05, 0.1) is 5.69 Å². The Bertz CT molecular complexity index is 869. The molecule has 0 bridgehead atoms. The first-order valence-corrected chi connectivity index (χ1v) is 11.2. The third kappa shape index (κ3) is 6.62. The van der Waals surface area contributed by atoms with E-state index in [4.69, 9.17) is 0 Å². The van der Waals surface area contributed by atoms with Crippen LogP contribution >= 0.6 is 0 Å². The second-order valence-electron chi connectivity index (χ2n) is 8.66. The molecule has 1 aliphatic rings. The van der Waals surface area contributed by atoms with Gasteiger partial charge < -0.3 is 9.80 Å². The van der Waals surface area contributed by atoms with Crippen LogP contribution in [0.2, 0.25) is 0 Å². The molecule has 0 fully saturated rings. The van der Waals surface area contributed by atoms with Gasteiger partial charge in [-0.3, -0.25) is 19.5 Å². The van der Waals surface area contributed by atoms with E-state index in [-0.39, 0.29) is 11.8 Å². The Labute approximate surface area is 185 Å². The minimum atomic E-state index is 0.0306. The number of para-hydroxylation sites is 1. The number of hydrogen-bond acceptors (Lipinski definition) is 4. The predicted molar refractivity (Wildman–Crippen MR) is 123 cm³/mol. The molecule has 166 valence electrons. The predicted octanol–water partition coefficient (Wildman–Crippen LogP) is 3.72. The number of hydrogen-bond donors (Lipinski definition) is 0. The highest BCUT2D eigenvalue weighted by atomic mass is 16.2. The van der Waals surface area contributed by atoms with Crippen molar-refractivity contribution in [2.45, 2.75) is 46.7 Å². The van der Waals surface area contributed by atoms with Crippen molar-refractivity contribution in [1.82, 2.24) is 14.8 Å². The van der Waals surface area contributed by atoms with Crippen LogP contribution in [-0.4, -0.2) is 52.8 Å². The summed E-state index contributed by atoms with van der Waals surface area (Å²) in [5, 5.41) is 0. The van der Waals surface area contributed by atoms with E-state index in [9.17, 15) is 9.59 Å². The zero-order chi connectivity index (χ0) is 22.2. The zero-order valence-corrected chi connectivity index (χ0v) is 19.0. The van der Waals surface area contributed by atoms with E-state index in [2.05, 4.69) is 23.7 Å². The standard InChI is InChI=1S/C25H34N4O2/c1-20(2)17-25(31)28-16-15-27(19-23-10-6-7-12-26-23)13-8-14-29(21(3)30)24-11-5-4-9-22(24)18-28/h4-7,9-12,20H,8,13-19H2,1-3H3. The molecule has 1 aliphatic heterocycles. The van der Waals surface area contributed by atoms with Gasteiger partial charge in [0.1, 0.15) is 0 Å². The quantitative estimate of drug-likeness (QED) is 0.754. The lowest BCUT2D eigenvalue weighted by atomic mass is 10.1. The van der Waals surface area contributed by atoms with Crippen LogP contribution in [0.1, 0.15) is 44.9 Å². The maximum Gasteiger partial charge on any atom is 0.223 e. The van der Waals surface area contributed by atoms with E-state index in [0.29, 0.717) is 32.0 Å². The van der Waals surface area contributed by atoms with Gasteiger partial charge in [-0.05, 0) is 36.1 Å². The third-order valence-corrected chi connectivity index (χ3v) is 5.61. The van der Waals surface area contributed by atoms with Crippen LogP contribution in [0.4, 0.5) is 5.69 Å². The van der Waals surface area contributed by atoms with E-state index in [1.54, 1.807) is 6.92 Å². The summed E-state index contributed by atoms with van der Waals surface area (Å²) in [6.45, 7) is 9.95. The monoisotopic (exact) mass is 422 g/mol. The summed E-state index contributed by atoms with van der Waals surface area (Å²) >= 11 is 0. The van der Waals surface area contributed by atoms with E-state index < -0.39 is 0 Å². The molecule has 3 rings (SSSR count). The molecular formula is C25H34N4O2. The second kappa shape index (κ2) is 11.0. The number of carbonyl (C=O) groups is 2. The zero-order valence-electron chi connectivity index (χ0n) is 19.0. The minimum Gasteiger partial charge on any atom is -0.337 e. The summed E-state index contributed by atoms with van der Waals surface area (Å²) < 4.78 is 0. The first kappa shape index (κ1) is 22.9. The van der Waals surface area contributed by atoms with Crippen LogP contribution in [0.25, 0.3) is 0 Å². The Morgan fingerprint density at radius 2 is 1.77 bits per heavy atom. The molecular weight excluding hydrogens is 388 g/mol. The highest BCUT2D eigenvalue weighted by Gasteiger charge is 2.22. The molecule has 0 radical (unpaired) electrons. The third-order valence-electron chi connectivity index (χ3n) is 5.61. The molecule has 0 saturated carbocycles. The van der Waals surface area contributed by atoms with Crippen LogP contribution in [0.15, 0.2) is 48.7 Å². The van der Waals surface area contributed by atoms with Gasteiger partial charge in [-0.15, -0.1) is 0 Å². The number of nitrogens with zero attached hydrogens (tertiary/aromatic N) is 4. The van der Waals surface area contributed by atoms with Gasteiger partial charge >= 0.3 is 0 Å². The van der Waals surface area contributed by atoms with Crippen molar-refractivity contribution in [3.8, 4) is 0 Å². The highest BCUT2D eigenvalue weighted by molar-refractivity contribution is 5.92. The lowest BCUT2D eigenvalue weighted by molar-refractivity contribution is -0.132. The SMILES string of the molecule is CC(=O)N1CCCN(Cc2ccccn2)CCN(C(=O)CC(C)C)Cc2ccccc21. The Morgan fingerprint density at radius 3 is 2.48 bits per heavy atom. The number of aromatic nitrogens is 1. The van der Waals surface area contributed by atoms with Crippen molar-refractivity contribution in [2.75, 3.05) is 31.1 Å². The van der Waals surface area contributed by atoms with Gasteiger partial charge in [0.15, 0.2) is 0 Å². The van der Waals surface area contributed by atoms with Gasteiger partial charge in [0.25, 0.3) is 0 Å². The maximum absolute atomic E-state index is 13.1. The van der Waals surface area contributed by atoms with Crippen LogP contribution < -0.4 is 4.90 Å². The van der Waals surface area contributed by atoms with E-state index in [1.807, 2.05) is 58.5 Å². The first-order chi connectivity index (χ1) is 14.9. The fourth-order valence-corrected chi connectivity index (χ4v) is 4.04. The Kier molecular flexibility index (Phi) is 8.18. The Morgan fingerprint density at radius 1 is 1.00 bits per heavy atom. The van der Waals surface area contributed by atoms with Crippen LogP contribution in [0.5, 0.6) is 0 Å². The number of fused-ring (bicyclic) bond motifs is 1. The highest BCUT2D eigenvalue weighted by Crippen LogP contribution is 2.24. The average Bonchev–Trinajstić information content (AvgIpc) is 2.77. The molecule has 2 aromatic rings. The fraction of sp³-hybridized carbons (Fsp3) is 0.480. The fourth-order valence-electron chi connectivity index (χ4n) is 4.04.